The van der Waals surface area contributed by atoms with E-state index in [4.69, 9.17) is 5.11 Å². The highest BCUT2D eigenvalue weighted by atomic mass is 16.4. The molecule has 0 aliphatic carbocycles. The Balaban J connectivity index is 2.52. The highest BCUT2D eigenvalue weighted by Gasteiger charge is 2.18. The first-order valence-electron chi connectivity index (χ1n) is 4.85. The molecule has 1 rings (SSSR count). The minimum Gasteiger partial charge on any atom is -0.480 e. The first-order valence-corrected chi connectivity index (χ1v) is 4.85. The molecule has 0 bridgehead atoms. The Labute approximate surface area is 83.3 Å². The van der Waals surface area contributed by atoms with E-state index in [1.54, 1.807) is 18.3 Å². The maximum Gasteiger partial charge on any atom is 0.326 e. The Morgan fingerprint density at radius 1 is 1.71 bits per heavy atom. The lowest BCUT2D eigenvalue weighted by molar-refractivity contribution is -0.139. The van der Waals surface area contributed by atoms with Crippen LogP contribution in [0.1, 0.15) is 31.5 Å². The summed E-state index contributed by atoms with van der Waals surface area (Å²) in [5, 5.41) is 12.0. The number of aromatic nitrogens is 1. The van der Waals surface area contributed by atoms with Crippen LogP contribution >= 0.6 is 0 Å². The van der Waals surface area contributed by atoms with Crippen molar-refractivity contribution in [1.29, 1.82) is 0 Å². The van der Waals surface area contributed by atoms with E-state index in [-0.39, 0.29) is 0 Å². The molecule has 0 saturated heterocycles. The summed E-state index contributed by atoms with van der Waals surface area (Å²) in [6, 6.07) is 2.96. The Morgan fingerprint density at radius 3 is 3.00 bits per heavy atom. The van der Waals surface area contributed by atoms with Gasteiger partial charge in [0, 0.05) is 11.9 Å². The van der Waals surface area contributed by atoms with Gasteiger partial charge in [-0.15, -0.1) is 0 Å². The van der Waals surface area contributed by atoms with E-state index < -0.39 is 12.0 Å². The zero-order valence-electron chi connectivity index (χ0n) is 8.29. The molecule has 0 saturated carbocycles. The van der Waals surface area contributed by atoms with Gasteiger partial charge in [-0.25, -0.2) is 0 Å². The maximum atomic E-state index is 10.9. The topological polar surface area (TPSA) is 65.1 Å². The molecule has 0 spiro atoms. The van der Waals surface area contributed by atoms with E-state index in [0.717, 1.165) is 19.4 Å². The summed E-state index contributed by atoms with van der Waals surface area (Å²) in [6.07, 6.45) is 3.78. The van der Waals surface area contributed by atoms with Crippen molar-refractivity contribution in [2.75, 3.05) is 6.54 Å². The Morgan fingerprint density at radius 2 is 2.50 bits per heavy atom. The third-order valence-electron chi connectivity index (χ3n) is 2.06. The molecule has 14 heavy (non-hydrogen) atoms. The van der Waals surface area contributed by atoms with E-state index in [1.807, 2.05) is 0 Å². The average Bonchev–Trinajstić information content (AvgIpc) is 2.64. The Bertz CT molecular complexity index is 270. The predicted octanol–water partition coefficient (Wildman–Crippen LogP) is 1.53. The number of unbranched alkanes of at least 4 members (excludes halogenated alkanes) is 1. The molecule has 0 fully saturated rings. The number of aliphatic carboxylic acids is 1. The highest BCUT2D eigenvalue weighted by molar-refractivity contribution is 5.74. The number of carbonyl (C=O) groups is 1. The number of carboxylic acids is 1. The zero-order chi connectivity index (χ0) is 10.4. The molecule has 4 heteroatoms. The highest BCUT2D eigenvalue weighted by Crippen LogP contribution is 2.10. The van der Waals surface area contributed by atoms with E-state index >= 15 is 0 Å². The molecule has 1 aromatic rings. The van der Waals surface area contributed by atoms with Gasteiger partial charge in [0.25, 0.3) is 0 Å². The van der Waals surface area contributed by atoms with E-state index in [0.29, 0.717) is 5.69 Å². The number of hydrogen-bond acceptors (Lipinski definition) is 2. The standard InChI is InChI=1S/C10H16N2O2/c1-2-3-6-12-9(10(13)14)8-5-4-7-11-8/h4-5,7,9,11-12H,2-3,6H2,1H3,(H,13,14). The monoisotopic (exact) mass is 196 g/mol. The van der Waals surface area contributed by atoms with Crippen molar-refractivity contribution >= 4 is 5.97 Å². The van der Waals surface area contributed by atoms with Gasteiger partial charge in [-0.3, -0.25) is 10.1 Å². The van der Waals surface area contributed by atoms with Crippen LogP contribution in [0.15, 0.2) is 18.3 Å². The predicted molar refractivity (Wildman–Crippen MR) is 54.1 cm³/mol. The van der Waals surface area contributed by atoms with Gasteiger partial charge < -0.3 is 10.1 Å². The molecule has 4 nitrogen and oxygen atoms in total. The zero-order valence-corrected chi connectivity index (χ0v) is 8.29. The van der Waals surface area contributed by atoms with Crippen molar-refractivity contribution in [3.63, 3.8) is 0 Å². The summed E-state index contributed by atoms with van der Waals surface area (Å²) in [5.74, 6) is -0.844. The van der Waals surface area contributed by atoms with Gasteiger partial charge >= 0.3 is 5.97 Å². The minimum atomic E-state index is -0.844. The number of carboxylic acid groups (broad SMARTS) is 1. The lowest BCUT2D eigenvalue weighted by Crippen LogP contribution is -2.29. The second-order valence-corrected chi connectivity index (χ2v) is 3.20. The van der Waals surface area contributed by atoms with Crippen LogP contribution in [-0.2, 0) is 4.79 Å². The maximum absolute atomic E-state index is 10.9. The Kier molecular flexibility index (Phi) is 4.19. The van der Waals surface area contributed by atoms with Crippen LogP contribution < -0.4 is 5.32 Å². The van der Waals surface area contributed by atoms with Crippen molar-refractivity contribution in [1.82, 2.24) is 10.3 Å². The molecule has 1 heterocycles. The third kappa shape index (κ3) is 2.88. The van der Waals surface area contributed by atoms with Crippen LogP contribution in [0.25, 0.3) is 0 Å². The molecule has 3 N–H and O–H groups in total. The van der Waals surface area contributed by atoms with Crippen LogP contribution in [0.4, 0.5) is 0 Å². The normalized spacial score (nSPS) is 12.6. The first kappa shape index (κ1) is 10.8. The SMILES string of the molecule is CCCCNC(C(=O)O)c1ccc[nH]1. The lowest BCUT2D eigenvalue weighted by atomic mass is 10.2. The smallest absolute Gasteiger partial charge is 0.326 e. The lowest BCUT2D eigenvalue weighted by Gasteiger charge is -2.12. The van der Waals surface area contributed by atoms with Crippen LogP contribution in [-0.4, -0.2) is 22.6 Å². The van der Waals surface area contributed by atoms with E-state index in [1.165, 1.54) is 0 Å². The number of aromatic amines is 1. The fourth-order valence-electron chi connectivity index (χ4n) is 1.28. The number of nitrogens with one attached hydrogen (secondary N) is 2. The van der Waals surface area contributed by atoms with E-state index in [2.05, 4.69) is 17.2 Å². The molecular formula is C10H16N2O2. The molecule has 0 amide bonds. The summed E-state index contributed by atoms with van der Waals surface area (Å²) in [6.45, 7) is 2.80. The van der Waals surface area contributed by atoms with Gasteiger partial charge in [-0.05, 0) is 25.1 Å². The number of rotatable bonds is 6. The van der Waals surface area contributed by atoms with Crippen LogP contribution in [0, 0.1) is 0 Å². The molecule has 0 radical (unpaired) electrons. The second-order valence-electron chi connectivity index (χ2n) is 3.20. The van der Waals surface area contributed by atoms with Gasteiger partial charge in [0.15, 0.2) is 0 Å². The van der Waals surface area contributed by atoms with Crippen molar-refractivity contribution in [3.8, 4) is 0 Å². The largest absolute Gasteiger partial charge is 0.480 e. The van der Waals surface area contributed by atoms with Crippen molar-refractivity contribution in [2.45, 2.75) is 25.8 Å². The summed E-state index contributed by atoms with van der Waals surface area (Å²) in [4.78, 5) is 13.8. The molecule has 0 aliphatic heterocycles. The molecular weight excluding hydrogens is 180 g/mol. The summed E-state index contributed by atoms with van der Waals surface area (Å²) in [5.41, 5.74) is 0.702. The molecule has 0 aliphatic rings. The van der Waals surface area contributed by atoms with Crippen LogP contribution in [0.2, 0.25) is 0 Å². The number of hydrogen-bond donors (Lipinski definition) is 3. The summed E-state index contributed by atoms with van der Waals surface area (Å²) < 4.78 is 0. The molecule has 1 aromatic heterocycles. The molecule has 78 valence electrons. The second kappa shape index (κ2) is 5.44. The van der Waals surface area contributed by atoms with Gasteiger partial charge in [-0.1, -0.05) is 13.3 Å². The average molecular weight is 196 g/mol. The van der Waals surface area contributed by atoms with Gasteiger partial charge in [-0.2, -0.15) is 0 Å². The molecule has 0 aromatic carbocycles. The van der Waals surface area contributed by atoms with Crippen molar-refractivity contribution in [3.05, 3.63) is 24.0 Å². The van der Waals surface area contributed by atoms with Gasteiger partial charge in [0.2, 0.25) is 0 Å². The summed E-state index contributed by atoms with van der Waals surface area (Å²) >= 11 is 0. The third-order valence-corrected chi connectivity index (χ3v) is 2.06. The van der Waals surface area contributed by atoms with Gasteiger partial charge in [0.05, 0.1) is 0 Å². The van der Waals surface area contributed by atoms with Gasteiger partial charge in [0.1, 0.15) is 6.04 Å². The minimum absolute atomic E-state index is 0.614. The fraction of sp³-hybridized carbons (Fsp3) is 0.500. The van der Waals surface area contributed by atoms with Crippen molar-refractivity contribution in [2.24, 2.45) is 0 Å². The quantitative estimate of drug-likeness (QED) is 0.604. The fourth-order valence-corrected chi connectivity index (χ4v) is 1.28. The van der Waals surface area contributed by atoms with Crippen LogP contribution in [0.5, 0.6) is 0 Å². The molecule has 1 atom stereocenters. The molecule has 1 unspecified atom stereocenters. The number of H-pyrrole nitrogens is 1. The van der Waals surface area contributed by atoms with E-state index in [9.17, 15) is 4.79 Å². The van der Waals surface area contributed by atoms with Crippen molar-refractivity contribution < 1.29 is 9.90 Å². The summed E-state index contributed by atoms with van der Waals surface area (Å²) in [7, 11) is 0. The Hall–Kier alpha value is -1.29. The van der Waals surface area contributed by atoms with Crippen LogP contribution in [0.3, 0.4) is 0 Å². The first-order chi connectivity index (χ1) is 6.75.